The van der Waals surface area contributed by atoms with Crippen LogP contribution in [0.25, 0.3) is 4.96 Å². The summed E-state index contributed by atoms with van der Waals surface area (Å²) in [6.07, 6.45) is 6.42. The van der Waals surface area contributed by atoms with Gasteiger partial charge in [-0.3, -0.25) is 4.40 Å². The van der Waals surface area contributed by atoms with E-state index in [1.165, 1.54) is 28.5 Å². The molecule has 8 heteroatoms. The molecule has 1 fully saturated rings. The number of aromatic nitrogens is 2. The number of nitrogens with one attached hydrogen (secondary N) is 1. The van der Waals surface area contributed by atoms with Gasteiger partial charge in [-0.25, -0.2) is 13.4 Å². The van der Waals surface area contributed by atoms with Crippen LogP contribution < -0.4 is 5.32 Å². The molecule has 1 N–H and O–H groups in total. The number of anilines is 1. The molecule has 21 heavy (non-hydrogen) atoms. The van der Waals surface area contributed by atoms with Crippen LogP contribution in [0.15, 0.2) is 16.6 Å². The third kappa shape index (κ3) is 2.56. The smallest absolute Gasteiger partial charge is 0.262 e. The molecule has 0 amide bonds. The zero-order valence-corrected chi connectivity index (χ0v) is 13.9. The zero-order valence-electron chi connectivity index (χ0n) is 12.2. The third-order valence-corrected chi connectivity index (χ3v) is 6.70. The first-order valence-corrected chi connectivity index (χ1v) is 9.45. The molecule has 1 aliphatic carbocycles. The SMILES string of the molecule is CNc1nc2sccn2c1S(=O)(=O)N(C)CC1CCCC1. The van der Waals surface area contributed by atoms with E-state index >= 15 is 0 Å². The van der Waals surface area contributed by atoms with Crippen molar-refractivity contribution >= 4 is 32.1 Å². The van der Waals surface area contributed by atoms with Gasteiger partial charge in [0.25, 0.3) is 10.0 Å². The summed E-state index contributed by atoms with van der Waals surface area (Å²) in [6.45, 7) is 0.586. The maximum atomic E-state index is 12.9. The molecule has 0 saturated heterocycles. The lowest BCUT2D eigenvalue weighted by atomic mass is 10.1. The summed E-state index contributed by atoms with van der Waals surface area (Å²) in [6, 6.07) is 0. The van der Waals surface area contributed by atoms with Gasteiger partial charge in [0.2, 0.25) is 0 Å². The summed E-state index contributed by atoms with van der Waals surface area (Å²) in [4.78, 5) is 5.02. The Labute approximate surface area is 128 Å². The Kier molecular flexibility index (Phi) is 3.94. The summed E-state index contributed by atoms with van der Waals surface area (Å²) < 4.78 is 28.9. The summed E-state index contributed by atoms with van der Waals surface area (Å²) >= 11 is 1.43. The highest BCUT2D eigenvalue weighted by atomic mass is 32.2. The minimum atomic E-state index is -3.54. The summed E-state index contributed by atoms with van der Waals surface area (Å²) in [5.41, 5.74) is 0. The molecule has 0 bridgehead atoms. The average molecular weight is 328 g/mol. The van der Waals surface area contributed by atoms with Crippen LogP contribution in [0.3, 0.4) is 0 Å². The first-order valence-electron chi connectivity index (χ1n) is 7.13. The number of fused-ring (bicyclic) bond motifs is 1. The highest BCUT2D eigenvalue weighted by molar-refractivity contribution is 7.89. The van der Waals surface area contributed by atoms with Crippen molar-refractivity contribution in [2.45, 2.75) is 30.7 Å². The molecule has 1 saturated carbocycles. The molecular weight excluding hydrogens is 308 g/mol. The number of imidazole rings is 1. The maximum Gasteiger partial charge on any atom is 0.262 e. The Balaban J connectivity index is 1.96. The fraction of sp³-hybridized carbons (Fsp3) is 0.615. The number of nitrogens with zero attached hydrogens (tertiary/aromatic N) is 3. The molecule has 116 valence electrons. The Morgan fingerprint density at radius 2 is 2.19 bits per heavy atom. The number of thiazole rings is 1. The Hall–Kier alpha value is -1.12. The van der Waals surface area contributed by atoms with Crippen LogP contribution in [0, 0.1) is 5.92 Å². The standard InChI is InChI=1S/C13H20N4O2S2/c1-14-11-12(17-7-8-20-13(17)15-11)21(18,19)16(2)9-10-5-3-4-6-10/h7-8,10,14H,3-6,9H2,1-2H3. The number of hydrogen-bond acceptors (Lipinski definition) is 5. The average Bonchev–Trinajstić information content (AvgIpc) is 3.13. The molecule has 2 aromatic rings. The van der Waals surface area contributed by atoms with E-state index in [-0.39, 0.29) is 5.03 Å². The number of hydrogen-bond donors (Lipinski definition) is 1. The van der Waals surface area contributed by atoms with E-state index in [9.17, 15) is 8.42 Å². The van der Waals surface area contributed by atoms with Crippen LogP contribution in [0.1, 0.15) is 25.7 Å². The molecule has 0 atom stereocenters. The number of rotatable bonds is 5. The minimum Gasteiger partial charge on any atom is -0.371 e. The summed E-state index contributed by atoms with van der Waals surface area (Å²) in [5.74, 6) is 0.897. The topological polar surface area (TPSA) is 66.7 Å². The normalized spacial score (nSPS) is 17.1. The monoisotopic (exact) mass is 328 g/mol. The molecule has 6 nitrogen and oxygen atoms in total. The molecule has 0 unspecified atom stereocenters. The van der Waals surface area contributed by atoms with Crippen LogP contribution in [-0.2, 0) is 10.0 Å². The van der Waals surface area contributed by atoms with E-state index in [1.807, 2.05) is 5.38 Å². The molecule has 2 heterocycles. The van der Waals surface area contributed by atoms with Gasteiger partial charge in [0.1, 0.15) is 0 Å². The third-order valence-electron chi connectivity index (χ3n) is 4.10. The first-order chi connectivity index (χ1) is 10.0. The van der Waals surface area contributed by atoms with Crippen LogP contribution in [0.5, 0.6) is 0 Å². The van der Waals surface area contributed by atoms with Gasteiger partial charge >= 0.3 is 0 Å². The van der Waals surface area contributed by atoms with Gasteiger partial charge in [-0.15, -0.1) is 11.3 Å². The van der Waals surface area contributed by atoms with Crippen molar-refractivity contribution in [1.82, 2.24) is 13.7 Å². The van der Waals surface area contributed by atoms with Crippen molar-refractivity contribution in [3.05, 3.63) is 11.6 Å². The molecule has 0 aromatic carbocycles. The van der Waals surface area contributed by atoms with Crippen LogP contribution in [-0.4, -0.2) is 42.7 Å². The van der Waals surface area contributed by atoms with Crippen LogP contribution in [0.2, 0.25) is 0 Å². The van der Waals surface area contributed by atoms with E-state index < -0.39 is 10.0 Å². The van der Waals surface area contributed by atoms with Gasteiger partial charge in [-0.1, -0.05) is 12.8 Å². The van der Waals surface area contributed by atoms with Gasteiger partial charge in [-0.05, 0) is 18.8 Å². The predicted molar refractivity (Wildman–Crippen MR) is 84.4 cm³/mol. The van der Waals surface area contributed by atoms with Gasteiger partial charge in [0, 0.05) is 32.2 Å². The highest BCUT2D eigenvalue weighted by Gasteiger charge is 2.31. The molecule has 0 spiro atoms. The Morgan fingerprint density at radius 1 is 1.48 bits per heavy atom. The molecule has 0 radical (unpaired) electrons. The summed E-state index contributed by atoms with van der Waals surface area (Å²) in [5, 5.41) is 4.98. The minimum absolute atomic E-state index is 0.238. The Morgan fingerprint density at radius 3 is 2.86 bits per heavy atom. The fourth-order valence-corrected chi connectivity index (χ4v) is 5.24. The fourth-order valence-electron chi connectivity index (χ4n) is 2.98. The van der Waals surface area contributed by atoms with E-state index in [2.05, 4.69) is 10.3 Å². The quantitative estimate of drug-likeness (QED) is 0.914. The van der Waals surface area contributed by atoms with E-state index in [0.717, 1.165) is 12.8 Å². The molecular formula is C13H20N4O2S2. The van der Waals surface area contributed by atoms with Crippen LogP contribution in [0.4, 0.5) is 5.82 Å². The second kappa shape index (κ2) is 5.58. The Bertz CT molecular complexity index is 729. The van der Waals surface area contributed by atoms with E-state index in [0.29, 0.717) is 23.2 Å². The van der Waals surface area contributed by atoms with Crippen molar-refractivity contribution < 1.29 is 8.42 Å². The molecule has 0 aliphatic heterocycles. The number of sulfonamides is 1. The van der Waals surface area contributed by atoms with Crippen molar-refractivity contribution in [2.24, 2.45) is 5.92 Å². The van der Waals surface area contributed by atoms with E-state index in [4.69, 9.17) is 0 Å². The van der Waals surface area contributed by atoms with E-state index in [1.54, 1.807) is 24.7 Å². The zero-order chi connectivity index (χ0) is 15.0. The first kappa shape index (κ1) is 14.8. The molecule has 3 rings (SSSR count). The van der Waals surface area contributed by atoms with Crippen LogP contribution >= 0.6 is 11.3 Å². The van der Waals surface area contributed by atoms with Crippen molar-refractivity contribution in [2.75, 3.05) is 26.0 Å². The van der Waals surface area contributed by atoms with Crippen molar-refractivity contribution in [1.29, 1.82) is 0 Å². The predicted octanol–water partition coefficient (Wildman–Crippen LogP) is 2.25. The highest BCUT2D eigenvalue weighted by Crippen LogP contribution is 2.30. The van der Waals surface area contributed by atoms with Gasteiger partial charge in [0.05, 0.1) is 0 Å². The molecule has 2 aromatic heterocycles. The van der Waals surface area contributed by atoms with Gasteiger partial charge < -0.3 is 5.32 Å². The lowest BCUT2D eigenvalue weighted by Crippen LogP contribution is -2.32. The largest absolute Gasteiger partial charge is 0.371 e. The molecule has 1 aliphatic rings. The van der Waals surface area contributed by atoms with Gasteiger partial charge in [0.15, 0.2) is 15.8 Å². The van der Waals surface area contributed by atoms with Crippen molar-refractivity contribution in [3.63, 3.8) is 0 Å². The summed E-state index contributed by atoms with van der Waals surface area (Å²) in [7, 11) is -0.182. The second-order valence-corrected chi connectivity index (χ2v) is 8.34. The lowest BCUT2D eigenvalue weighted by Gasteiger charge is -2.20. The maximum absolute atomic E-state index is 12.9. The second-order valence-electron chi connectivity index (χ2n) is 5.51. The van der Waals surface area contributed by atoms with Gasteiger partial charge in [-0.2, -0.15) is 4.31 Å². The van der Waals surface area contributed by atoms with Crippen molar-refractivity contribution in [3.8, 4) is 0 Å². The lowest BCUT2D eigenvalue weighted by molar-refractivity contribution is 0.386.